The van der Waals surface area contributed by atoms with Gasteiger partial charge in [0.15, 0.2) is 5.78 Å². The van der Waals surface area contributed by atoms with Crippen LogP contribution in [0.1, 0.15) is 53.3 Å². The second-order valence-corrected chi connectivity index (χ2v) is 5.06. The van der Waals surface area contributed by atoms with Crippen LogP contribution in [0.3, 0.4) is 0 Å². The van der Waals surface area contributed by atoms with E-state index in [1.54, 1.807) is 29.2 Å². The number of rotatable bonds is 8. The topological polar surface area (TPSA) is 63.4 Å². The van der Waals surface area contributed by atoms with E-state index < -0.39 is 0 Å². The van der Waals surface area contributed by atoms with Crippen molar-refractivity contribution < 1.29 is 9.59 Å². The van der Waals surface area contributed by atoms with Crippen molar-refractivity contribution in [3.05, 3.63) is 35.4 Å². The van der Waals surface area contributed by atoms with E-state index in [9.17, 15) is 9.59 Å². The molecule has 20 heavy (non-hydrogen) atoms. The quantitative estimate of drug-likeness (QED) is 0.586. The van der Waals surface area contributed by atoms with E-state index >= 15 is 0 Å². The van der Waals surface area contributed by atoms with E-state index in [-0.39, 0.29) is 11.7 Å². The maximum atomic E-state index is 12.2. The lowest BCUT2D eigenvalue weighted by Crippen LogP contribution is -2.27. The number of Topliss-reactive ketones (excluding diaryl/α,β-unsaturated/α-hetero) is 1. The second-order valence-electron chi connectivity index (χ2n) is 5.06. The second kappa shape index (κ2) is 8.48. The fourth-order valence-electron chi connectivity index (χ4n) is 2.02. The predicted molar refractivity (Wildman–Crippen MR) is 80.9 cm³/mol. The molecule has 4 heteroatoms. The molecular weight excluding hydrogens is 252 g/mol. The minimum Gasteiger partial charge on any atom is -0.342 e. The molecule has 0 aliphatic rings. The summed E-state index contributed by atoms with van der Waals surface area (Å²) in [6.45, 7) is 3.00. The van der Waals surface area contributed by atoms with Gasteiger partial charge in [0, 0.05) is 24.7 Å². The number of nitrogens with zero attached hydrogens (tertiary/aromatic N) is 1. The number of nitrogens with two attached hydrogens (primary N) is 1. The smallest absolute Gasteiger partial charge is 0.253 e. The fourth-order valence-corrected chi connectivity index (χ4v) is 2.02. The van der Waals surface area contributed by atoms with Crippen LogP contribution in [0.5, 0.6) is 0 Å². The Kier molecular flexibility index (Phi) is 6.94. The Bertz CT molecular complexity index is 440. The Morgan fingerprint density at radius 1 is 1.00 bits per heavy atom. The van der Waals surface area contributed by atoms with Crippen LogP contribution < -0.4 is 5.73 Å². The average molecular weight is 276 g/mol. The Hall–Kier alpha value is -1.68. The standard InChI is InChI=1S/C16H24N2O2/c1-13(19)14-7-9-15(10-8-14)16(20)18(2)12-6-4-3-5-11-17/h7-10H,3-6,11-12,17H2,1-2H3. The maximum Gasteiger partial charge on any atom is 0.253 e. The van der Waals surface area contributed by atoms with Crippen LogP contribution in [0.15, 0.2) is 24.3 Å². The minimum atomic E-state index is -0.000994. The first-order valence-corrected chi connectivity index (χ1v) is 7.12. The van der Waals surface area contributed by atoms with Crippen molar-refractivity contribution in [3.63, 3.8) is 0 Å². The summed E-state index contributed by atoms with van der Waals surface area (Å²) in [5.41, 5.74) is 6.69. The molecule has 0 spiro atoms. The molecule has 2 N–H and O–H groups in total. The van der Waals surface area contributed by atoms with Crippen LogP contribution >= 0.6 is 0 Å². The van der Waals surface area contributed by atoms with Gasteiger partial charge in [0.05, 0.1) is 0 Å². The Labute approximate surface area is 121 Å². The molecule has 0 saturated heterocycles. The van der Waals surface area contributed by atoms with Crippen molar-refractivity contribution in [2.45, 2.75) is 32.6 Å². The van der Waals surface area contributed by atoms with Crippen molar-refractivity contribution in [2.75, 3.05) is 20.1 Å². The summed E-state index contributed by atoms with van der Waals surface area (Å²) >= 11 is 0. The number of amides is 1. The molecule has 0 bridgehead atoms. The number of carbonyl (C=O) groups excluding carboxylic acids is 2. The highest BCUT2D eigenvalue weighted by Gasteiger charge is 2.11. The summed E-state index contributed by atoms with van der Waals surface area (Å²) in [4.78, 5) is 25.1. The lowest BCUT2D eigenvalue weighted by molar-refractivity contribution is 0.0792. The third kappa shape index (κ3) is 5.13. The van der Waals surface area contributed by atoms with E-state index in [1.807, 2.05) is 7.05 Å². The van der Waals surface area contributed by atoms with Crippen LogP contribution in [-0.2, 0) is 0 Å². The summed E-state index contributed by atoms with van der Waals surface area (Å²) < 4.78 is 0. The highest BCUT2D eigenvalue weighted by molar-refractivity contribution is 5.97. The minimum absolute atomic E-state index is 0.000994. The molecule has 0 atom stereocenters. The van der Waals surface area contributed by atoms with Gasteiger partial charge in [0.25, 0.3) is 5.91 Å². The normalized spacial score (nSPS) is 10.3. The molecule has 1 amide bonds. The zero-order chi connectivity index (χ0) is 15.0. The van der Waals surface area contributed by atoms with Crippen LogP contribution in [-0.4, -0.2) is 36.7 Å². The summed E-state index contributed by atoms with van der Waals surface area (Å²) in [6.07, 6.45) is 4.25. The van der Waals surface area contributed by atoms with E-state index in [1.165, 1.54) is 6.92 Å². The van der Waals surface area contributed by atoms with Crippen molar-refractivity contribution >= 4 is 11.7 Å². The molecule has 110 valence electrons. The van der Waals surface area contributed by atoms with Crippen LogP contribution in [0.25, 0.3) is 0 Å². The van der Waals surface area contributed by atoms with Gasteiger partial charge in [-0.1, -0.05) is 25.0 Å². The Morgan fingerprint density at radius 2 is 1.55 bits per heavy atom. The van der Waals surface area contributed by atoms with Gasteiger partial charge in [-0.05, 0) is 38.4 Å². The molecule has 0 saturated carbocycles. The van der Waals surface area contributed by atoms with Gasteiger partial charge < -0.3 is 10.6 Å². The number of hydrogen-bond donors (Lipinski definition) is 1. The summed E-state index contributed by atoms with van der Waals surface area (Å²) in [5.74, 6) is 0.0104. The molecule has 1 rings (SSSR count). The Morgan fingerprint density at radius 3 is 2.10 bits per heavy atom. The lowest BCUT2D eigenvalue weighted by atomic mass is 10.1. The molecule has 0 radical (unpaired) electrons. The monoisotopic (exact) mass is 276 g/mol. The van der Waals surface area contributed by atoms with Crippen LogP contribution in [0.2, 0.25) is 0 Å². The van der Waals surface area contributed by atoms with E-state index in [2.05, 4.69) is 0 Å². The molecule has 0 fully saturated rings. The van der Waals surface area contributed by atoms with E-state index in [0.29, 0.717) is 11.1 Å². The number of unbranched alkanes of at least 4 members (excludes halogenated alkanes) is 3. The molecule has 0 aliphatic carbocycles. The number of ketones is 1. The van der Waals surface area contributed by atoms with Crippen molar-refractivity contribution in [1.29, 1.82) is 0 Å². The van der Waals surface area contributed by atoms with E-state index in [4.69, 9.17) is 5.73 Å². The third-order valence-corrected chi connectivity index (χ3v) is 3.33. The van der Waals surface area contributed by atoms with Gasteiger partial charge in [-0.3, -0.25) is 9.59 Å². The first-order chi connectivity index (χ1) is 9.56. The summed E-state index contributed by atoms with van der Waals surface area (Å²) in [5, 5.41) is 0. The zero-order valence-corrected chi connectivity index (χ0v) is 12.4. The fraction of sp³-hybridized carbons (Fsp3) is 0.500. The molecule has 1 aromatic rings. The van der Waals surface area contributed by atoms with Crippen molar-refractivity contribution in [2.24, 2.45) is 5.73 Å². The molecule has 4 nitrogen and oxygen atoms in total. The highest BCUT2D eigenvalue weighted by Crippen LogP contribution is 2.09. The molecule has 0 unspecified atom stereocenters. The highest BCUT2D eigenvalue weighted by atomic mass is 16.2. The first kappa shape index (κ1) is 16.4. The molecule has 0 heterocycles. The first-order valence-electron chi connectivity index (χ1n) is 7.12. The van der Waals surface area contributed by atoms with E-state index in [0.717, 1.165) is 38.8 Å². The van der Waals surface area contributed by atoms with Crippen LogP contribution in [0, 0.1) is 0 Å². The van der Waals surface area contributed by atoms with Gasteiger partial charge >= 0.3 is 0 Å². The van der Waals surface area contributed by atoms with Gasteiger partial charge in [-0.25, -0.2) is 0 Å². The number of carbonyl (C=O) groups is 2. The van der Waals surface area contributed by atoms with Gasteiger partial charge in [-0.2, -0.15) is 0 Å². The predicted octanol–water partition coefficient (Wildman–Crippen LogP) is 2.48. The molecule has 0 aromatic heterocycles. The molecule has 1 aromatic carbocycles. The molecular formula is C16H24N2O2. The average Bonchev–Trinajstić information content (AvgIpc) is 2.46. The zero-order valence-electron chi connectivity index (χ0n) is 12.4. The largest absolute Gasteiger partial charge is 0.342 e. The summed E-state index contributed by atoms with van der Waals surface area (Å²) in [6, 6.07) is 6.82. The Balaban J connectivity index is 2.45. The molecule has 0 aliphatic heterocycles. The summed E-state index contributed by atoms with van der Waals surface area (Å²) in [7, 11) is 1.81. The van der Waals surface area contributed by atoms with Crippen LogP contribution in [0.4, 0.5) is 0 Å². The maximum absolute atomic E-state index is 12.2. The number of benzene rings is 1. The number of hydrogen-bond acceptors (Lipinski definition) is 3. The van der Waals surface area contributed by atoms with Crippen molar-refractivity contribution in [1.82, 2.24) is 4.90 Å². The SMILES string of the molecule is CC(=O)c1ccc(C(=O)N(C)CCCCCCN)cc1. The lowest BCUT2D eigenvalue weighted by Gasteiger charge is -2.17. The van der Waals surface area contributed by atoms with Gasteiger partial charge in [0.2, 0.25) is 0 Å². The van der Waals surface area contributed by atoms with Gasteiger partial charge in [0.1, 0.15) is 0 Å². The third-order valence-electron chi connectivity index (χ3n) is 3.33. The van der Waals surface area contributed by atoms with Gasteiger partial charge in [-0.15, -0.1) is 0 Å². The van der Waals surface area contributed by atoms with Crippen molar-refractivity contribution in [3.8, 4) is 0 Å².